The van der Waals surface area contributed by atoms with Gasteiger partial charge in [0.25, 0.3) is 11.5 Å². The topological polar surface area (TPSA) is 111 Å². The zero-order chi connectivity index (χ0) is 27.7. The third-order valence-electron chi connectivity index (χ3n) is 6.02. The van der Waals surface area contributed by atoms with Gasteiger partial charge in [-0.05, 0) is 74.5 Å². The number of amides is 1. The second-order valence-corrected chi connectivity index (χ2v) is 9.37. The Labute approximate surface area is 226 Å². The molecular weight excluding hydrogens is 523 g/mol. The normalized spacial score (nSPS) is 11.1. The van der Waals surface area contributed by atoms with Gasteiger partial charge >= 0.3 is 5.69 Å². The van der Waals surface area contributed by atoms with E-state index in [0.717, 1.165) is 33.5 Å². The van der Waals surface area contributed by atoms with Crippen molar-refractivity contribution in [2.45, 2.75) is 19.9 Å². The van der Waals surface area contributed by atoms with Gasteiger partial charge in [0.2, 0.25) is 0 Å². The van der Waals surface area contributed by atoms with Crippen LogP contribution < -0.4 is 21.9 Å². The van der Waals surface area contributed by atoms with Gasteiger partial charge in [0.15, 0.2) is 0 Å². The van der Waals surface area contributed by atoms with Crippen molar-refractivity contribution < 1.29 is 9.18 Å². The number of rotatable bonds is 6. The standard InChI is InChI=1S/C28H22ClFN6O3/c1-16(2)35-15-22(27(38)36(28(35)39)20-9-3-17(30)4-10-20)26(37)34-19-7-5-18(6-8-19)33-23-11-12-31-24-14-32-25(29)13-21(23)24/h3-16H,1-2H3,(H,31,33)(H,34,37). The second kappa shape index (κ2) is 10.5. The zero-order valence-corrected chi connectivity index (χ0v) is 21.6. The molecule has 2 N–H and O–H groups in total. The maximum absolute atomic E-state index is 13.4. The van der Waals surface area contributed by atoms with E-state index in [1.807, 2.05) is 6.07 Å². The van der Waals surface area contributed by atoms with Crippen LogP contribution in [-0.2, 0) is 0 Å². The lowest BCUT2D eigenvalue weighted by molar-refractivity contribution is 0.102. The van der Waals surface area contributed by atoms with E-state index in [1.165, 1.54) is 22.9 Å². The Morgan fingerprint density at radius 1 is 0.974 bits per heavy atom. The molecule has 1 amide bonds. The van der Waals surface area contributed by atoms with Crippen LogP contribution in [0.3, 0.4) is 0 Å². The summed E-state index contributed by atoms with van der Waals surface area (Å²) < 4.78 is 15.6. The van der Waals surface area contributed by atoms with Gasteiger partial charge in [0.1, 0.15) is 16.5 Å². The lowest BCUT2D eigenvalue weighted by Crippen LogP contribution is -2.42. The fourth-order valence-corrected chi connectivity index (χ4v) is 4.20. The molecule has 0 spiro atoms. The van der Waals surface area contributed by atoms with Crippen molar-refractivity contribution in [1.29, 1.82) is 0 Å². The van der Waals surface area contributed by atoms with Crippen molar-refractivity contribution in [3.05, 3.63) is 117 Å². The summed E-state index contributed by atoms with van der Waals surface area (Å²) in [5.74, 6) is -1.20. The van der Waals surface area contributed by atoms with E-state index in [-0.39, 0.29) is 17.3 Å². The molecule has 0 radical (unpaired) electrons. The minimum atomic E-state index is -0.808. The van der Waals surface area contributed by atoms with E-state index in [0.29, 0.717) is 16.4 Å². The van der Waals surface area contributed by atoms with Gasteiger partial charge in [0, 0.05) is 40.9 Å². The number of carbonyl (C=O) groups is 1. The van der Waals surface area contributed by atoms with Crippen LogP contribution in [0.1, 0.15) is 30.2 Å². The summed E-state index contributed by atoms with van der Waals surface area (Å²) in [4.78, 5) is 47.8. The Bertz CT molecular complexity index is 1820. The van der Waals surface area contributed by atoms with Gasteiger partial charge in [-0.25, -0.2) is 18.7 Å². The van der Waals surface area contributed by atoms with E-state index >= 15 is 0 Å². The molecule has 0 aliphatic heterocycles. The zero-order valence-electron chi connectivity index (χ0n) is 20.9. The first-order chi connectivity index (χ1) is 18.7. The first-order valence-corrected chi connectivity index (χ1v) is 12.3. The molecule has 3 heterocycles. The number of hydrogen-bond donors (Lipinski definition) is 2. The fraction of sp³-hybridized carbons (Fsp3) is 0.107. The summed E-state index contributed by atoms with van der Waals surface area (Å²) in [5, 5.41) is 7.15. The fourth-order valence-electron chi connectivity index (χ4n) is 4.04. The average molecular weight is 545 g/mol. The highest BCUT2D eigenvalue weighted by Crippen LogP contribution is 2.27. The molecule has 0 atom stereocenters. The first kappa shape index (κ1) is 25.8. The van der Waals surface area contributed by atoms with Crippen LogP contribution in [0.2, 0.25) is 5.15 Å². The molecule has 39 heavy (non-hydrogen) atoms. The molecule has 0 unspecified atom stereocenters. The third kappa shape index (κ3) is 5.27. The predicted molar refractivity (Wildman–Crippen MR) is 149 cm³/mol. The maximum atomic E-state index is 13.4. The van der Waals surface area contributed by atoms with Crippen LogP contribution >= 0.6 is 11.6 Å². The molecular formula is C28H22ClFN6O3. The molecule has 196 valence electrons. The SMILES string of the molecule is CC(C)n1cc(C(=O)Nc2ccc(Nc3ccnc4cnc(Cl)cc34)cc2)c(=O)n(-c2ccc(F)cc2)c1=O. The average Bonchev–Trinajstić information content (AvgIpc) is 2.91. The van der Waals surface area contributed by atoms with E-state index in [1.54, 1.807) is 56.6 Å². The lowest BCUT2D eigenvalue weighted by atomic mass is 10.2. The largest absolute Gasteiger partial charge is 0.355 e. The van der Waals surface area contributed by atoms with Crippen molar-refractivity contribution in [1.82, 2.24) is 19.1 Å². The Morgan fingerprint density at radius 2 is 1.67 bits per heavy atom. The molecule has 0 aliphatic carbocycles. The highest BCUT2D eigenvalue weighted by molar-refractivity contribution is 6.30. The molecule has 0 fully saturated rings. The van der Waals surface area contributed by atoms with Crippen molar-refractivity contribution in [2.75, 3.05) is 10.6 Å². The van der Waals surface area contributed by atoms with Gasteiger partial charge in [-0.3, -0.25) is 19.1 Å². The number of halogens is 2. The predicted octanol–water partition coefficient (Wildman–Crippen LogP) is 5.31. The van der Waals surface area contributed by atoms with E-state index in [9.17, 15) is 18.8 Å². The number of nitrogens with one attached hydrogen (secondary N) is 2. The quantitative estimate of drug-likeness (QED) is 0.280. The molecule has 9 nitrogen and oxygen atoms in total. The summed E-state index contributed by atoms with van der Waals surface area (Å²) in [5.41, 5.74) is 1.12. The molecule has 11 heteroatoms. The van der Waals surface area contributed by atoms with Crippen LogP contribution in [0.15, 0.2) is 88.8 Å². The van der Waals surface area contributed by atoms with E-state index in [2.05, 4.69) is 20.6 Å². The first-order valence-electron chi connectivity index (χ1n) is 11.9. The Hall–Kier alpha value is -4.83. The van der Waals surface area contributed by atoms with Crippen molar-refractivity contribution in [3.8, 4) is 5.69 Å². The molecule has 0 aliphatic rings. The summed E-state index contributed by atoms with van der Waals surface area (Å²) >= 11 is 6.05. The van der Waals surface area contributed by atoms with Crippen LogP contribution in [0.4, 0.5) is 21.5 Å². The summed E-state index contributed by atoms with van der Waals surface area (Å²) in [6, 6.07) is 15.0. The lowest BCUT2D eigenvalue weighted by Gasteiger charge is -2.16. The van der Waals surface area contributed by atoms with Gasteiger partial charge in [0.05, 0.1) is 17.4 Å². The molecule has 2 aromatic carbocycles. The molecule has 5 rings (SSSR count). The smallest absolute Gasteiger partial charge is 0.335 e. The van der Waals surface area contributed by atoms with Crippen LogP contribution in [0, 0.1) is 5.82 Å². The monoisotopic (exact) mass is 544 g/mol. The van der Waals surface area contributed by atoms with Crippen LogP contribution in [0.5, 0.6) is 0 Å². The van der Waals surface area contributed by atoms with Crippen LogP contribution in [0.25, 0.3) is 16.6 Å². The minimum Gasteiger partial charge on any atom is -0.355 e. The van der Waals surface area contributed by atoms with Gasteiger partial charge in [-0.15, -0.1) is 0 Å². The number of hydrogen-bond acceptors (Lipinski definition) is 6. The van der Waals surface area contributed by atoms with E-state index < -0.39 is 23.0 Å². The highest BCUT2D eigenvalue weighted by atomic mass is 35.5. The minimum absolute atomic E-state index is 0.159. The summed E-state index contributed by atoms with van der Waals surface area (Å²) in [6.07, 6.45) is 4.49. The Kier molecular flexibility index (Phi) is 6.95. The Balaban J connectivity index is 1.42. The van der Waals surface area contributed by atoms with Gasteiger partial charge in [-0.1, -0.05) is 11.6 Å². The number of anilines is 3. The Morgan fingerprint density at radius 3 is 2.36 bits per heavy atom. The maximum Gasteiger partial charge on any atom is 0.335 e. The molecule has 3 aromatic heterocycles. The number of benzene rings is 2. The second-order valence-electron chi connectivity index (χ2n) is 8.98. The van der Waals surface area contributed by atoms with Crippen LogP contribution in [-0.4, -0.2) is 25.0 Å². The third-order valence-corrected chi connectivity index (χ3v) is 6.22. The van der Waals surface area contributed by atoms with Crippen molar-refractivity contribution >= 4 is 45.5 Å². The highest BCUT2D eigenvalue weighted by Gasteiger charge is 2.20. The number of carbonyl (C=O) groups excluding carboxylic acids is 1. The number of fused-ring (bicyclic) bond motifs is 1. The summed E-state index contributed by atoms with van der Waals surface area (Å²) in [6.45, 7) is 3.51. The molecule has 0 bridgehead atoms. The number of aromatic nitrogens is 4. The molecule has 0 saturated carbocycles. The molecule has 0 saturated heterocycles. The van der Waals surface area contributed by atoms with Crippen molar-refractivity contribution in [2.24, 2.45) is 0 Å². The van der Waals surface area contributed by atoms with Gasteiger partial charge in [-0.2, -0.15) is 0 Å². The van der Waals surface area contributed by atoms with Crippen molar-refractivity contribution in [3.63, 3.8) is 0 Å². The summed E-state index contributed by atoms with van der Waals surface area (Å²) in [7, 11) is 0. The molecule has 5 aromatic rings. The number of pyridine rings is 2. The van der Waals surface area contributed by atoms with Gasteiger partial charge < -0.3 is 10.6 Å². The van der Waals surface area contributed by atoms with E-state index in [4.69, 9.17) is 11.6 Å². The number of nitrogens with zero attached hydrogens (tertiary/aromatic N) is 4.